The molecule has 0 aliphatic rings. The summed E-state index contributed by atoms with van der Waals surface area (Å²) >= 11 is 5.94. The molecule has 4 N–H and O–H groups in total. The summed E-state index contributed by atoms with van der Waals surface area (Å²) in [5.41, 5.74) is 6.41. The molecule has 154 valence electrons. The molecule has 1 aromatic carbocycles. The van der Waals surface area contributed by atoms with Crippen LogP contribution in [0.4, 0.5) is 29.4 Å². The van der Waals surface area contributed by atoms with Gasteiger partial charge in [-0.2, -0.15) is 15.0 Å². The van der Waals surface area contributed by atoms with Gasteiger partial charge in [-0.3, -0.25) is 20.6 Å². The van der Waals surface area contributed by atoms with E-state index in [2.05, 4.69) is 46.4 Å². The number of halogens is 1. The Kier molecular flexibility index (Phi) is 6.10. The van der Waals surface area contributed by atoms with Crippen molar-refractivity contribution in [3.8, 4) is 0 Å². The van der Waals surface area contributed by atoms with Crippen molar-refractivity contribution < 1.29 is 4.79 Å². The Balaban J connectivity index is 1.55. The highest BCUT2D eigenvalue weighted by molar-refractivity contribution is 6.30. The minimum absolute atomic E-state index is 0.118. The normalized spacial score (nSPS) is 10.2. The SMILES string of the molecule is O=C(NNc1nc(Nc2ccc(Cl)cc2)nc(Nc2ccccn2)n1)c1ccncc1. The number of benzene rings is 1. The van der Waals surface area contributed by atoms with Gasteiger partial charge in [-0.1, -0.05) is 17.7 Å². The Morgan fingerprint density at radius 3 is 2.19 bits per heavy atom. The molecule has 31 heavy (non-hydrogen) atoms. The molecule has 4 rings (SSSR count). The van der Waals surface area contributed by atoms with Crippen molar-refractivity contribution >= 4 is 46.9 Å². The standard InChI is InChI=1S/C20H16ClN9O/c21-14-4-6-15(7-5-14)24-18-26-19(25-16-3-1-2-10-23-16)28-20(27-18)30-29-17(31)13-8-11-22-12-9-13/h1-12H,(H,29,31)(H3,23,24,25,26,27,28,30). The van der Waals surface area contributed by atoms with E-state index in [0.29, 0.717) is 16.4 Å². The van der Waals surface area contributed by atoms with E-state index in [9.17, 15) is 4.79 Å². The van der Waals surface area contributed by atoms with Gasteiger partial charge >= 0.3 is 0 Å². The minimum Gasteiger partial charge on any atom is -0.324 e. The maximum atomic E-state index is 12.3. The maximum absolute atomic E-state index is 12.3. The average Bonchev–Trinajstić information content (AvgIpc) is 2.80. The molecule has 0 unspecified atom stereocenters. The molecule has 0 bridgehead atoms. The second-order valence-electron chi connectivity index (χ2n) is 6.09. The van der Waals surface area contributed by atoms with E-state index in [-0.39, 0.29) is 23.8 Å². The number of rotatable bonds is 7. The van der Waals surface area contributed by atoms with Crippen LogP contribution < -0.4 is 21.5 Å². The number of carbonyl (C=O) groups is 1. The number of carbonyl (C=O) groups excluding carboxylic acids is 1. The van der Waals surface area contributed by atoms with Crippen LogP contribution in [0.2, 0.25) is 5.02 Å². The number of aromatic nitrogens is 5. The topological polar surface area (TPSA) is 130 Å². The van der Waals surface area contributed by atoms with Crippen LogP contribution in [-0.2, 0) is 0 Å². The maximum Gasteiger partial charge on any atom is 0.269 e. The lowest BCUT2D eigenvalue weighted by atomic mass is 10.3. The number of amides is 1. The molecule has 3 heterocycles. The molecule has 10 nitrogen and oxygen atoms in total. The van der Waals surface area contributed by atoms with Gasteiger partial charge in [-0.05, 0) is 48.5 Å². The summed E-state index contributed by atoms with van der Waals surface area (Å²) in [6, 6.07) is 15.6. The summed E-state index contributed by atoms with van der Waals surface area (Å²) in [7, 11) is 0. The zero-order valence-electron chi connectivity index (χ0n) is 16.0. The molecule has 3 aromatic heterocycles. The predicted molar refractivity (Wildman–Crippen MR) is 117 cm³/mol. The largest absolute Gasteiger partial charge is 0.324 e. The average molecular weight is 434 g/mol. The number of hydrogen-bond donors (Lipinski definition) is 4. The zero-order valence-corrected chi connectivity index (χ0v) is 16.7. The van der Waals surface area contributed by atoms with Crippen molar-refractivity contribution in [2.75, 3.05) is 16.1 Å². The third kappa shape index (κ3) is 5.61. The van der Waals surface area contributed by atoms with Gasteiger partial charge in [-0.25, -0.2) is 4.98 Å². The number of nitrogens with zero attached hydrogens (tertiary/aromatic N) is 5. The Bertz CT molecular complexity index is 1160. The molecule has 0 radical (unpaired) electrons. The highest BCUT2D eigenvalue weighted by Gasteiger charge is 2.10. The quantitative estimate of drug-likeness (QED) is 0.323. The minimum atomic E-state index is -0.366. The molecule has 1 amide bonds. The Morgan fingerprint density at radius 1 is 0.774 bits per heavy atom. The lowest BCUT2D eigenvalue weighted by molar-refractivity contribution is 0.0962. The summed E-state index contributed by atoms with van der Waals surface area (Å²) < 4.78 is 0. The van der Waals surface area contributed by atoms with Crippen LogP contribution in [0.5, 0.6) is 0 Å². The molecule has 0 atom stereocenters. The third-order valence-corrected chi connectivity index (χ3v) is 4.12. The molecule has 0 saturated carbocycles. The van der Waals surface area contributed by atoms with Crippen molar-refractivity contribution in [1.29, 1.82) is 0 Å². The molecule has 0 aliphatic carbocycles. The van der Waals surface area contributed by atoms with Gasteiger partial charge in [0.25, 0.3) is 5.91 Å². The Morgan fingerprint density at radius 2 is 1.48 bits per heavy atom. The molecule has 0 saturated heterocycles. The first-order valence-electron chi connectivity index (χ1n) is 9.09. The van der Waals surface area contributed by atoms with E-state index in [1.54, 1.807) is 54.7 Å². The lowest BCUT2D eigenvalue weighted by Gasteiger charge is -2.12. The smallest absolute Gasteiger partial charge is 0.269 e. The fraction of sp³-hybridized carbons (Fsp3) is 0. The summed E-state index contributed by atoms with van der Waals surface area (Å²) in [5.74, 6) is 0.779. The fourth-order valence-corrected chi connectivity index (χ4v) is 2.57. The second kappa shape index (κ2) is 9.46. The summed E-state index contributed by atoms with van der Waals surface area (Å²) in [5, 5.41) is 6.69. The first-order chi connectivity index (χ1) is 15.2. The van der Waals surface area contributed by atoms with Gasteiger partial charge < -0.3 is 10.6 Å². The van der Waals surface area contributed by atoms with Gasteiger partial charge in [0.2, 0.25) is 17.8 Å². The molecular weight excluding hydrogens is 418 g/mol. The van der Waals surface area contributed by atoms with E-state index >= 15 is 0 Å². The monoisotopic (exact) mass is 433 g/mol. The lowest BCUT2D eigenvalue weighted by Crippen LogP contribution is -2.30. The van der Waals surface area contributed by atoms with Crippen molar-refractivity contribution in [2.24, 2.45) is 0 Å². The number of hydrogen-bond acceptors (Lipinski definition) is 9. The van der Waals surface area contributed by atoms with Crippen LogP contribution >= 0.6 is 11.6 Å². The number of hydrazine groups is 1. The van der Waals surface area contributed by atoms with Crippen molar-refractivity contribution in [3.63, 3.8) is 0 Å². The molecule has 0 aliphatic heterocycles. The van der Waals surface area contributed by atoms with E-state index < -0.39 is 0 Å². The highest BCUT2D eigenvalue weighted by atomic mass is 35.5. The number of pyridine rings is 2. The van der Waals surface area contributed by atoms with Crippen LogP contribution in [0.25, 0.3) is 0 Å². The Labute approximate surface area is 182 Å². The van der Waals surface area contributed by atoms with Crippen LogP contribution in [0, 0.1) is 0 Å². The molecule has 0 fully saturated rings. The number of anilines is 5. The molecule has 4 aromatic rings. The molecule has 0 spiro atoms. The van der Waals surface area contributed by atoms with Gasteiger partial charge in [0.1, 0.15) is 5.82 Å². The first-order valence-corrected chi connectivity index (χ1v) is 9.46. The van der Waals surface area contributed by atoms with Gasteiger partial charge in [0, 0.05) is 34.9 Å². The van der Waals surface area contributed by atoms with Crippen molar-refractivity contribution in [1.82, 2.24) is 30.3 Å². The van der Waals surface area contributed by atoms with Crippen molar-refractivity contribution in [2.45, 2.75) is 0 Å². The van der Waals surface area contributed by atoms with Crippen LogP contribution in [0.3, 0.4) is 0 Å². The van der Waals surface area contributed by atoms with E-state index in [4.69, 9.17) is 11.6 Å². The summed E-state index contributed by atoms with van der Waals surface area (Å²) in [4.78, 5) is 33.3. The summed E-state index contributed by atoms with van der Waals surface area (Å²) in [6.07, 6.45) is 4.70. The van der Waals surface area contributed by atoms with Gasteiger partial charge in [0.15, 0.2) is 0 Å². The van der Waals surface area contributed by atoms with Crippen LogP contribution in [0.15, 0.2) is 73.2 Å². The van der Waals surface area contributed by atoms with Crippen LogP contribution in [0.1, 0.15) is 10.4 Å². The fourth-order valence-electron chi connectivity index (χ4n) is 2.45. The zero-order chi connectivity index (χ0) is 21.5. The predicted octanol–water partition coefficient (Wildman–Crippen LogP) is 3.56. The third-order valence-electron chi connectivity index (χ3n) is 3.87. The van der Waals surface area contributed by atoms with Gasteiger partial charge in [0.05, 0.1) is 0 Å². The second-order valence-corrected chi connectivity index (χ2v) is 6.53. The molecule has 11 heteroatoms. The van der Waals surface area contributed by atoms with Crippen LogP contribution in [-0.4, -0.2) is 30.8 Å². The van der Waals surface area contributed by atoms with Gasteiger partial charge in [-0.15, -0.1) is 0 Å². The first kappa shape index (κ1) is 20.0. The van der Waals surface area contributed by atoms with E-state index in [1.165, 1.54) is 12.4 Å². The molecular formula is C20H16ClN9O. The Hall–Kier alpha value is -4.31. The summed E-state index contributed by atoms with van der Waals surface area (Å²) in [6.45, 7) is 0. The highest BCUT2D eigenvalue weighted by Crippen LogP contribution is 2.19. The van der Waals surface area contributed by atoms with Crippen molar-refractivity contribution in [3.05, 3.63) is 83.8 Å². The van der Waals surface area contributed by atoms with E-state index in [0.717, 1.165) is 5.69 Å². The number of nitrogens with one attached hydrogen (secondary N) is 4. The van der Waals surface area contributed by atoms with E-state index in [1.807, 2.05) is 6.07 Å².